The fourth-order valence-corrected chi connectivity index (χ4v) is 5.52. The second-order valence-corrected chi connectivity index (χ2v) is 9.83. The summed E-state index contributed by atoms with van der Waals surface area (Å²) < 4.78 is 12.3. The van der Waals surface area contributed by atoms with Crippen molar-refractivity contribution in [2.45, 2.75) is 26.9 Å². The number of hydrogen-bond donors (Lipinski definition) is 1. The molecule has 0 aromatic heterocycles. The van der Waals surface area contributed by atoms with E-state index < -0.39 is 11.9 Å². The predicted molar refractivity (Wildman–Crippen MR) is 142 cm³/mol. The lowest BCUT2D eigenvalue weighted by atomic mass is 10.1. The molecule has 180 valence electrons. The number of ether oxygens (including phenoxy) is 2. The number of carbonyl (C=O) groups is 2. The van der Waals surface area contributed by atoms with Gasteiger partial charge in [0, 0.05) is 12.0 Å². The second kappa shape index (κ2) is 12.2. The Morgan fingerprint density at radius 3 is 2.51 bits per heavy atom. The van der Waals surface area contributed by atoms with Crippen LogP contribution in [0.15, 0.2) is 66.6 Å². The summed E-state index contributed by atoms with van der Waals surface area (Å²) in [4.78, 5) is 28.6. The van der Waals surface area contributed by atoms with Crippen LogP contribution < -0.4 is 4.74 Å². The van der Waals surface area contributed by atoms with E-state index in [1.54, 1.807) is 44.2 Å². The highest BCUT2D eigenvalue weighted by Gasteiger charge is 2.33. The van der Waals surface area contributed by atoms with E-state index in [2.05, 4.69) is 42.9 Å². The van der Waals surface area contributed by atoms with Crippen LogP contribution in [0.25, 0.3) is 6.08 Å². The molecule has 0 saturated heterocycles. The Morgan fingerprint density at radius 2 is 1.89 bits per heavy atom. The van der Waals surface area contributed by atoms with Gasteiger partial charge in [0.25, 0.3) is 0 Å². The number of nitrogens with zero attached hydrogens (tertiary/aromatic N) is 2. The predicted octanol–water partition coefficient (Wildman–Crippen LogP) is 6.46. The Balaban J connectivity index is 1.91. The molecule has 0 fully saturated rings. The number of aliphatic hydroxyl groups excluding tert-OH is 1. The summed E-state index contributed by atoms with van der Waals surface area (Å²) in [6.07, 6.45) is 1.84. The van der Waals surface area contributed by atoms with Crippen LogP contribution in [0.4, 0.5) is 0 Å². The van der Waals surface area contributed by atoms with Crippen molar-refractivity contribution in [3.8, 4) is 11.8 Å². The van der Waals surface area contributed by atoms with Crippen LogP contribution in [0.3, 0.4) is 0 Å². The van der Waals surface area contributed by atoms with Crippen molar-refractivity contribution in [3.63, 3.8) is 0 Å². The monoisotopic (exact) mass is 618 g/mol. The Morgan fingerprint density at radius 1 is 1.20 bits per heavy atom. The first-order valence-electron chi connectivity index (χ1n) is 10.5. The molecule has 0 radical (unpaired) electrons. The minimum atomic E-state index is -0.743. The molecule has 0 atom stereocenters. The Bertz CT molecular complexity index is 1290. The standard InChI is InChI=1S/C25H20Br2N2O5S/c1-3-20(30)29-24-21(25(32)33-4-2)22(31)19(35-24)11-14-9-17(26)23(18(27)10-14)34-13-16-8-6-5-7-15(16)12-28/h5-11,31H,3-4,13H2,1-2H3/b19-11-,29-24?. The minimum absolute atomic E-state index is 0.105. The van der Waals surface area contributed by atoms with Gasteiger partial charge in [0.15, 0.2) is 0 Å². The number of hydrogen-bond acceptors (Lipinski definition) is 7. The van der Waals surface area contributed by atoms with Gasteiger partial charge in [0.2, 0.25) is 5.91 Å². The van der Waals surface area contributed by atoms with E-state index in [4.69, 9.17) is 9.47 Å². The summed E-state index contributed by atoms with van der Waals surface area (Å²) in [5.74, 6) is -0.904. The average Bonchev–Trinajstić information content (AvgIpc) is 3.13. The maximum absolute atomic E-state index is 12.4. The third kappa shape index (κ3) is 6.42. The van der Waals surface area contributed by atoms with Crippen molar-refractivity contribution < 1.29 is 24.2 Å². The van der Waals surface area contributed by atoms with Gasteiger partial charge in [-0.2, -0.15) is 5.26 Å². The largest absolute Gasteiger partial charge is 0.506 e. The average molecular weight is 620 g/mol. The molecule has 0 saturated carbocycles. The van der Waals surface area contributed by atoms with Crippen LogP contribution in [-0.4, -0.2) is 28.6 Å². The molecular formula is C25H20Br2N2O5S. The molecule has 7 nitrogen and oxygen atoms in total. The number of thioether (sulfide) groups is 1. The number of amides is 1. The smallest absolute Gasteiger partial charge is 0.344 e. The van der Waals surface area contributed by atoms with Crippen molar-refractivity contribution in [1.82, 2.24) is 0 Å². The number of carbonyl (C=O) groups excluding carboxylic acids is 2. The minimum Gasteiger partial charge on any atom is -0.506 e. The van der Waals surface area contributed by atoms with Crippen molar-refractivity contribution in [2.24, 2.45) is 4.99 Å². The first kappa shape index (κ1) is 26.7. The van der Waals surface area contributed by atoms with Crippen LogP contribution in [0.5, 0.6) is 5.75 Å². The number of esters is 1. The molecule has 1 aliphatic rings. The lowest BCUT2D eigenvalue weighted by molar-refractivity contribution is -0.138. The lowest BCUT2D eigenvalue weighted by Crippen LogP contribution is -2.14. The molecule has 3 rings (SSSR count). The number of halogens is 2. The molecule has 1 aliphatic heterocycles. The summed E-state index contributed by atoms with van der Waals surface area (Å²) in [6, 6.07) is 12.9. The Labute approximate surface area is 223 Å². The van der Waals surface area contributed by atoms with Gasteiger partial charge in [-0.15, -0.1) is 0 Å². The zero-order valence-electron chi connectivity index (χ0n) is 18.8. The van der Waals surface area contributed by atoms with Crippen LogP contribution in [0, 0.1) is 11.3 Å². The normalized spacial score (nSPS) is 15.4. The maximum Gasteiger partial charge on any atom is 0.344 e. The van der Waals surface area contributed by atoms with Crippen LogP contribution in [0.1, 0.15) is 37.0 Å². The highest BCUT2D eigenvalue weighted by Crippen LogP contribution is 2.41. The van der Waals surface area contributed by atoms with E-state index in [1.807, 2.05) is 12.1 Å². The molecule has 1 N–H and O–H groups in total. The Hall–Kier alpha value is -2.87. The molecule has 2 aromatic rings. The van der Waals surface area contributed by atoms with E-state index in [1.165, 1.54) is 0 Å². The highest BCUT2D eigenvalue weighted by atomic mass is 79.9. The third-order valence-corrected chi connectivity index (χ3v) is 6.93. The fourth-order valence-electron chi connectivity index (χ4n) is 3.04. The molecular weight excluding hydrogens is 600 g/mol. The summed E-state index contributed by atoms with van der Waals surface area (Å²) in [5, 5.41) is 20.1. The first-order valence-corrected chi connectivity index (χ1v) is 12.9. The molecule has 0 spiro atoms. The van der Waals surface area contributed by atoms with Gasteiger partial charge in [-0.3, -0.25) is 4.79 Å². The highest BCUT2D eigenvalue weighted by molar-refractivity contribution is 9.11. The number of aliphatic hydroxyl groups is 1. The summed E-state index contributed by atoms with van der Waals surface area (Å²) in [6.45, 7) is 3.64. The third-order valence-electron chi connectivity index (χ3n) is 4.73. The second-order valence-electron chi connectivity index (χ2n) is 7.09. The molecule has 0 bridgehead atoms. The summed E-state index contributed by atoms with van der Waals surface area (Å²) >= 11 is 8.04. The van der Waals surface area contributed by atoms with E-state index in [9.17, 15) is 20.0 Å². The quantitative estimate of drug-likeness (QED) is 0.354. The summed E-state index contributed by atoms with van der Waals surface area (Å²) in [7, 11) is 0. The maximum atomic E-state index is 12.4. The molecule has 2 aromatic carbocycles. The molecule has 0 aliphatic carbocycles. The van der Waals surface area contributed by atoms with Crippen molar-refractivity contribution in [3.05, 3.63) is 78.3 Å². The molecule has 1 amide bonds. The number of aliphatic imine (C=N–C) groups is 1. The van der Waals surface area contributed by atoms with Gasteiger partial charge in [-0.1, -0.05) is 36.9 Å². The van der Waals surface area contributed by atoms with Gasteiger partial charge >= 0.3 is 5.97 Å². The van der Waals surface area contributed by atoms with Crippen molar-refractivity contribution >= 4 is 66.6 Å². The molecule has 0 unspecified atom stereocenters. The van der Waals surface area contributed by atoms with Crippen LogP contribution in [0.2, 0.25) is 0 Å². The zero-order chi connectivity index (χ0) is 25.5. The van der Waals surface area contributed by atoms with E-state index >= 15 is 0 Å². The molecule has 1 heterocycles. The topological polar surface area (TPSA) is 109 Å². The van der Waals surface area contributed by atoms with E-state index in [-0.39, 0.29) is 36.0 Å². The molecule has 35 heavy (non-hydrogen) atoms. The van der Waals surface area contributed by atoms with Gasteiger partial charge in [0.1, 0.15) is 28.7 Å². The van der Waals surface area contributed by atoms with Gasteiger partial charge in [-0.05, 0) is 68.6 Å². The lowest BCUT2D eigenvalue weighted by Gasteiger charge is -2.12. The number of benzene rings is 2. The Kier molecular flexibility index (Phi) is 9.32. The van der Waals surface area contributed by atoms with Gasteiger partial charge in [-0.25, -0.2) is 9.79 Å². The number of nitriles is 1. The van der Waals surface area contributed by atoms with Crippen LogP contribution in [-0.2, 0) is 20.9 Å². The van der Waals surface area contributed by atoms with Gasteiger partial charge in [0.05, 0.1) is 32.1 Å². The number of rotatable bonds is 7. The van der Waals surface area contributed by atoms with Crippen LogP contribution >= 0.6 is 43.6 Å². The summed E-state index contributed by atoms with van der Waals surface area (Å²) in [5.41, 5.74) is 1.86. The van der Waals surface area contributed by atoms with E-state index in [0.29, 0.717) is 30.7 Å². The van der Waals surface area contributed by atoms with Crippen molar-refractivity contribution in [1.29, 1.82) is 5.26 Å². The first-order chi connectivity index (χ1) is 16.8. The van der Waals surface area contributed by atoms with Gasteiger partial charge < -0.3 is 14.6 Å². The zero-order valence-corrected chi connectivity index (χ0v) is 22.8. The SMILES string of the molecule is CCOC(=O)C1=C(O)/C(=C/c2cc(Br)c(OCc3ccccc3C#N)c(Br)c2)SC1=NC(=O)CC. The van der Waals surface area contributed by atoms with Crippen molar-refractivity contribution in [2.75, 3.05) is 6.61 Å². The van der Waals surface area contributed by atoms with E-state index in [0.717, 1.165) is 17.3 Å². The molecule has 10 heteroatoms. The fraction of sp³-hybridized carbons (Fsp3) is 0.200.